The number of carbonyl (C=O) groups excluding carboxylic acids is 1. The smallest absolute Gasteiger partial charge is 0.167 e. The molecule has 0 saturated heterocycles. The number of thiazole rings is 1. The summed E-state index contributed by atoms with van der Waals surface area (Å²) in [7, 11) is 0. The minimum Gasteiger partial charge on any atom is -0.348 e. The van der Waals surface area contributed by atoms with Crippen LogP contribution in [-0.4, -0.2) is 15.3 Å². The van der Waals surface area contributed by atoms with Crippen LogP contribution in [0.5, 0.6) is 0 Å². The Kier molecular flexibility index (Phi) is 2.36. The highest BCUT2D eigenvalue weighted by Crippen LogP contribution is 2.32. The van der Waals surface area contributed by atoms with Crippen LogP contribution in [0, 0.1) is 5.92 Å². The fourth-order valence-electron chi connectivity index (χ4n) is 1.77. The van der Waals surface area contributed by atoms with E-state index in [0.717, 1.165) is 30.6 Å². The van der Waals surface area contributed by atoms with Crippen LogP contribution in [-0.2, 0) is 6.54 Å². The first-order valence-electron chi connectivity index (χ1n) is 5.40. The van der Waals surface area contributed by atoms with E-state index >= 15 is 0 Å². The van der Waals surface area contributed by atoms with E-state index in [2.05, 4.69) is 4.98 Å². The summed E-state index contributed by atoms with van der Waals surface area (Å²) in [4.78, 5) is 16.0. The minimum atomic E-state index is 0.301. The molecule has 0 amide bonds. The molecule has 1 fully saturated rings. The maximum absolute atomic E-state index is 11.8. The molecular weight excluding hydrogens is 220 g/mol. The Morgan fingerprint density at radius 1 is 1.56 bits per heavy atom. The van der Waals surface area contributed by atoms with Gasteiger partial charge in [-0.25, -0.2) is 4.98 Å². The van der Waals surface area contributed by atoms with Gasteiger partial charge in [-0.1, -0.05) is 0 Å². The summed E-state index contributed by atoms with van der Waals surface area (Å²) in [5.41, 5.74) is 3.72. The van der Waals surface area contributed by atoms with E-state index in [1.54, 1.807) is 11.3 Å². The molecule has 3 rings (SSSR count). The number of hydrogen-bond acceptors (Lipinski definition) is 3. The van der Waals surface area contributed by atoms with Crippen molar-refractivity contribution in [3.63, 3.8) is 0 Å². The first-order valence-corrected chi connectivity index (χ1v) is 6.34. The van der Waals surface area contributed by atoms with Crippen molar-refractivity contribution in [1.82, 2.24) is 9.55 Å². The van der Waals surface area contributed by atoms with Crippen molar-refractivity contribution in [2.45, 2.75) is 19.4 Å². The number of nitrogens with zero attached hydrogens (tertiary/aromatic N) is 2. The van der Waals surface area contributed by atoms with E-state index < -0.39 is 0 Å². The van der Waals surface area contributed by atoms with Crippen molar-refractivity contribution < 1.29 is 4.79 Å². The Morgan fingerprint density at radius 2 is 2.44 bits per heavy atom. The van der Waals surface area contributed by atoms with Crippen molar-refractivity contribution in [3.8, 4) is 0 Å². The van der Waals surface area contributed by atoms with Crippen molar-refractivity contribution >= 4 is 17.1 Å². The molecule has 1 aliphatic carbocycles. The number of aromatic nitrogens is 2. The van der Waals surface area contributed by atoms with E-state index in [0.29, 0.717) is 11.7 Å². The third-order valence-corrected chi connectivity index (χ3v) is 3.45. The summed E-state index contributed by atoms with van der Waals surface area (Å²) in [6, 6.07) is 1.91. The Bertz CT molecular complexity index is 497. The van der Waals surface area contributed by atoms with Crippen molar-refractivity contribution in [2.24, 2.45) is 5.92 Å². The molecule has 0 aromatic carbocycles. The van der Waals surface area contributed by atoms with Crippen LogP contribution in [0.1, 0.15) is 28.9 Å². The molecule has 3 nitrogen and oxygen atoms in total. The SMILES string of the molecule is O=C(c1ccn(Cc2cscn2)c1)C1CC1. The Hall–Kier alpha value is -1.42. The summed E-state index contributed by atoms with van der Waals surface area (Å²) >= 11 is 1.60. The lowest BCUT2D eigenvalue weighted by Gasteiger charge is -1.98. The van der Waals surface area contributed by atoms with Crippen LogP contribution < -0.4 is 0 Å². The molecule has 2 aromatic heterocycles. The quantitative estimate of drug-likeness (QED) is 0.759. The van der Waals surface area contributed by atoms with Crippen LogP contribution in [0.4, 0.5) is 0 Å². The predicted octanol–water partition coefficient (Wildman–Crippen LogP) is 2.59. The summed E-state index contributed by atoms with van der Waals surface area (Å²) in [5.74, 6) is 0.604. The lowest BCUT2D eigenvalue weighted by Crippen LogP contribution is -2.00. The molecule has 2 aromatic rings. The monoisotopic (exact) mass is 232 g/mol. The van der Waals surface area contributed by atoms with Gasteiger partial charge in [-0.05, 0) is 18.9 Å². The predicted molar refractivity (Wildman–Crippen MR) is 62.7 cm³/mol. The number of ketones is 1. The van der Waals surface area contributed by atoms with Gasteiger partial charge in [0, 0.05) is 29.3 Å². The van der Waals surface area contributed by atoms with Gasteiger partial charge >= 0.3 is 0 Å². The standard InChI is InChI=1S/C12H12N2OS/c15-12(9-1-2-9)10-3-4-14(5-10)6-11-7-16-8-13-11/h3-5,7-9H,1-2,6H2. The average molecular weight is 232 g/mol. The Morgan fingerprint density at radius 3 is 3.12 bits per heavy atom. The highest BCUT2D eigenvalue weighted by Gasteiger charge is 2.30. The van der Waals surface area contributed by atoms with Gasteiger partial charge in [0.15, 0.2) is 5.78 Å². The minimum absolute atomic E-state index is 0.301. The van der Waals surface area contributed by atoms with E-state index in [9.17, 15) is 4.79 Å². The third kappa shape index (κ3) is 1.93. The molecule has 0 atom stereocenters. The third-order valence-electron chi connectivity index (χ3n) is 2.81. The molecule has 0 radical (unpaired) electrons. The molecule has 2 heterocycles. The first kappa shape index (κ1) is 9.78. The fraction of sp³-hybridized carbons (Fsp3) is 0.333. The second-order valence-corrected chi connectivity index (χ2v) is 4.91. The molecule has 82 valence electrons. The second kappa shape index (κ2) is 3.87. The van der Waals surface area contributed by atoms with E-state index in [1.807, 2.05) is 33.9 Å². The van der Waals surface area contributed by atoms with Crippen LogP contribution in [0.2, 0.25) is 0 Å². The van der Waals surface area contributed by atoms with Gasteiger partial charge in [0.2, 0.25) is 0 Å². The van der Waals surface area contributed by atoms with Gasteiger partial charge in [-0.3, -0.25) is 4.79 Å². The number of rotatable bonds is 4. The van der Waals surface area contributed by atoms with Gasteiger partial charge < -0.3 is 4.57 Å². The normalized spacial score (nSPS) is 15.2. The van der Waals surface area contributed by atoms with Crippen LogP contribution in [0.3, 0.4) is 0 Å². The summed E-state index contributed by atoms with van der Waals surface area (Å²) < 4.78 is 2.02. The van der Waals surface area contributed by atoms with Gasteiger partial charge in [0.05, 0.1) is 17.7 Å². The number of hydrogen-bond donors (Lipinski definition) is 0. The zero-order chi connectivity index (χ0) is 11.0. The van der Waals surface area contributed by atoms with E-state index in [1.165, 1.54) is 0 Å². The van der Waals surface area contributed by atoms with Gasteiger partial charge in [0.25, 0.3) is 0 Å². The molecule has 1 saturated carbocycles. The highest BCUT2D eigenvalue weighted by atomic mass is 32.1. The largest absolute Gasteiger partial charge is 0.348 e. The Balaban J connectivity index is 1.74. The molecule has 4 heteroatoms. The molecule has 0 N–H and O–H groups in total. The summed E-state index contributed by atoms with van der Waals surface area (Å²) in [6.45, 7) is 0.751. The summed E-state index contributed by atoms with van der Waals surface area (Å²) in [6.07, 6.45) is 6.02. The van der Waals surface area contributed by atoms with Crippen molar-refractivity contribution in [3.05, 3.63) is 40.6 Å². The van der Waals surface area contributed by atoms with Crippen LogP contribution in [0.15, 0.2) is 29.4 Å². The average Bonchev–Trinajstić information content (AvgIpc) is 2.82. The summed E-state index contributed by atoms with van der Waals surface area (Å²) in [5, 5.41) is 2.03. The molecule has 0 aliphatic heterocycles. The highest BCUT2D eigenvalue weighted by molar-refractivity contribution is 7.07. The molecule has 0 bridgehead atoms. The van der Waals surface area contributed by atoms with E-state index in [4.69, 9.17) is 0 Å². The lowest BCUT2D eigenvalue weighted by molar-refractivity contribution is 0.0967. The topological polar surface area (TPSA) is 34.9 Å². The number of Topliss-reactive ketones (excluding diaryl/α,β-unsaturated/α-hetero) is 1. The fourth-order valence-corrected chi connectivity index (χ4v) is 2.32. The maximum Gasteiger partial charge on any atom is 0.167 e. The molecule has 1 aliphatic rings. The molecular formula is C12H12N2OS. The lowest BCUT2D eigenvalue weighted by atomic mass is 10.1. The van der Waals surface area contributed by atoms with E-state index in [-0.39, 0.29) is 0 Å². The maximum atomic E-state index is 11.8. The zero-order valence-corrected chi connectivity index (χ0v) is 9.61. The molecule has 0 spiro atoms. The second-order valence-electron chi connectivity index (χ2n) is 4.19. The van der Waals surface area contributed by atoms with Gasteiger partial charge in [-0.15, -0.1) is 11.3 Å². The van der Waals surface area contributed by atoms with Gasteiger partial charge in [0.1, 0.15) is 0 Å². The molecule has 0 unspecified atom stereocenters. The van der Waals surface area contributed by atoms with Gasteiger partial charge in [-0.2, -0.15) is 0 Å². The molecule has 16 heavy (non-hydrogen) atoms. The van der Waals surface area contributed by atoms with Crippen LogP contribution in [0.25, 0.3) is 0 Å². The van der Waals surface area contributed by atoms with Crippen LogP contribution >= 0.6 is 11.3 Å². The Labute approximate surface area is 97.7 Å². The van der Waals surface area contributed by atoms with Crippen molar-refractivity contribution in [1.29, 1.82) is 0 Å². The zero-order valence-electron chi connectivity index (χ0n) is 8.80. The number of carbonyl (C=O) groups is 1. The first-order chi connectivity index (χ1) is 7.83. The van der Waals surface area contributed by atoms with Crippen molar-refractivity contribution in [2.75, 3.05) is 0 Å².